The quantitative estimate of drug-likeness (QED) is 0.649. The number of carbonyl (C=O) groups is 1. The number of nitrogens with two attached hydrogens (primary N) is 1. The van der Waals surface area contributed by atoms with E-state index >= 15 is 0 Å². The van der Waals surface area contributed by atoms with Gasteiger partial charge in [-0.25, -0.2) is 4.79 Å². The van der Waals surface area contributed by atoms with Crippen LogP contribution in [0.3, 0.4) is 0 Å². The molecule has 4 nitrogen and oxygen atoms in total. The Kier molecular flexibility index (Phi) is 1.98. The second kappa shape index (κ2) is 2.76. The van der Waals surface area contributed by atoms with E-state index in [-0.39, 0.29) is 11.4 Å². The molecule has 0 fully saturated rings. The molecule has 3 N–H and O–H groups in total. The summed E-state index contributed by atoms with van der Waals surface area (Å²) in [6.45, 7) is 0.234. The summed E-state index contributed by atoms with van der Waals surface area (Å²) in [6.07, 6.45) is 1.48. The zero-order chi connectivity index (χ0) is 7.56. The van der Waals surface area contributed by atoms with E-state index in [9.17, 15) is 4.79 Å². The Labute approximate surface area is 61.5 Å². The Morgan fingerprint density at radius 2 is 2.60 bits per heavy atom. The fourth-order valence-corrected chi connectivity index (χ4v) is 1.20. The average molecular weight is 158 g/mol. The van der Waals surface area contributed by atoms with Crippen LogP contribution in [0.25, 0.3) is 0 Å². The molecule has 0 bridgehead atoms. The molecule has 0 aromatic carbocycles. The third-order valence-electron chi connectivity index (χ3n) is 1.06. The first-order chi connectivity index (χ1) is 4.75. The summed E-state index contributed by atoms with van der Waals surface area (Å²) in [6, 6.07) is 0. The van der Waals surface area contributed by atoms with Gasteiger partial charge in [-0.05, 0) is 11.5 Å². The van der Waals surface area contributed by atoms with Crippen LogP contribution in [0.5, 0.6) is 0 Å². The molecule has 1 heterocycles. The number of rotatable bonds is 2. The number of aromatic carboxylic acids is 1. The SMILES string of the molecule is NCc1cnsc1C(=O)O. The van der Waals surface area contributed by atoms with E-state index < -0.39 is 5.97 Å². The van der Waals surface area contributed by atoms with E-state index in [4.69, 9.17) is 10.8 Å². The molecule has 1 aromatic rings. The summed E-state index contributed by atoms with van der Waals surface area (Å²) < 4.78 is 3.70. The van der Waals surface area contributed by atoms with Crippen molar-refractivity contribution in [3.63, 3.8) is 0 Å². The molecule has 10 heavy (non-hydrogen) atoms. The van der Waals surface area contributed by atoms with Crippen molar-refractivity contribution in [1.82, 2.24) is 4.37 Å². The molecule has 0 aliphatic rings. The summed E-state index contributed by atoms with van der Waals surface area (Å²) >= 11 is 0.953. The molecule has 0 saturated heterocycles. The van der Waals surface area contributed by atoms with E-state index in [0.717, 1.165) is 11.5 Å². The van der Waals surface area contributed by atoms with Crippen LogP contribution in [0.4, 0.5) is 0 Å². The van der Waals surface area contributed by atoms with Crippen molar-refractivity contribution in [1.29, 1.82) is 0 Å². The minimum Gasteiger partial charge on any atom is -0.477 e. The third kappa shape index (κ3) is 1.14. The topological polar surface area (TPSA) is 76.2 Å². The van der Waals surface area contributed by atoms with E-state index in [0.29, 0.717) is 5.56 Å². The lowest BCUT2D eigenvalue weighted by atomic mass is 10.3. The van der Waals surface area contributed by atoms with Crippen molar-refractivity contribution in [2.45, 2.75) is 6.54 Å². The monoisotopic (exact) mass is 158 g/mol. The number of carboxylic acids is 1. The molecule has 54 valence electrons. The molecule has 0 unspecified atom stereocenters. The number of hydrogen-bond acceptors (Lipinski definition) is 4. The molecule has 1 aromatic heterocycles. The Morgan fingerprint density at radius 1 is 1.90 bits per heavy atom. The van der Waals surface area contributed by atoms with Gasteiger partial charge in [0.1, 0.15) is 4.88 Å². The highest BCUT2D eigenvalue weighted by atomic mass is 32.1. The number of nitrogens with zero attached hydrogens (tertiary/aromatic N) is 1. The van der Waals surface area contributed by atoms with Crippen molar-refractivity contribution >= 4 is 17.5 Å². The predicted molar refractivity (Wildman–Crippen MR) is 37.0 cm³/mol. The van der Waals surface area contributed by atoms with E-state index in [1.54, 1.807) is 0 Å². The summed E-state index contributed by atoms with van der Waals surface area (Å²) in [5.41, 5.74) is 5.83. The lowest BCUT2D eigenvalue weighted by Crippen LogP contribution is -2.02. The molecule has 0 saturated carbocycles. The second-order valence-corrected chi connectivity index (χ2v) is 2.49. The van der Waals surface area contributed by atoms with Crippen molar-refractivity contribution < 1.29 is 9.90 Å². The smallest absolute Gasteiger partial charge is 0.347 e. The molecule has 0 aliphatic carbocycles. The van der Waals surface area contributed by atoms with Crippen LogP contribution in [0.1, 0.15) is 15.2 Å². The highest BCUT2D eigenvalue weighted by Gasteiger charge is 2.10. The third-order valence-corrected chi connectivity index (χ3v) is 1.89. The fraction of sp³-hybridized carbons (Fsp3) is 0.200. The normalized spacial score (nSPS) is 9.70. The van der Waals surface area contributed by atoms with Gasteiger partial charge in [-0.1, -0.05) is 0 Å². The molecular weight excluding hydrogens is 152 g/mol. The van der Waals surface area contributed by atoms with Gasteiger partial charge in [0, 0.05) is 18.3 Å². The van der Waals surface area contributed by atoms with Gasteiger partial charge >= 0.3 is 5.97 Å². The van der Waals surface area contributed by atoms with Crippen LogP contribution in [0.15, 0.2) is 6.20 Å². The average Bonchev–Trinajstić information content (AvgIpc) is 2.33. The Bertz CT molecular complexity index is 246. The molecule has 5 heteroatoms. The van der Waals surface area contributed by atoms with Gasteiger partial charge in [-0.15, -0.1) is 0 Å². The maximum atomic E-state index is 10.4. The number of hydrogen-bond donors (Lipinski definition) is 2. The second-order valence-electron chi connectivity index (χ2n) is 1.69. The van der Waals surface area contributed by atoms with Crippen LogP contribution in [-0.4, -0.2) is 15.4 Å². The summed E-state index contributed by atoms with van der Waals surface area (Å²) in [4.78, 5) is 10.6. The van der Waals surface area contributed by atoms with Gasteiger partial charge in [0.25, 0.3) is 0 Å². The van der Waals surface area contributed by atoms with E-state index in [2.05, 4.69) is 4.37 Å². The van der Waals surface area contributed by atoms with Gasteiger partial charge in [0.05, 0.1) is 0 Å². The molecule has 0 amide bonds. The van der Waals surface area contributed by atoms with Crippen LogP contribution in [0.2, 0.25) is 0 Å². The maximum absolute atomic E-state index is 10.4. The van der Waals surface area contributed by atoms with Crippen molar-refractivity contribution in [2.24, 2.45) is 5.73 Å². The molecule has 0 atom stereocenters. The number of carboxylic acid groups (broad SMARTS) is 1. The molecule has 1 rings (SSSR count). The molecule has 0 aliphatic heterocycles. The minimum absolute atomic E-state index is 0.234. The largest absolute Gasteiger partial charge is 0.477 e. The van der Waals surface area contributed by atoms with Gasteiger partial charge in [0.2, 0.25) is 0 Å². The standard InChI is InChI=1S/C5H6N2O2S/c6-1-3-2-7-10-4(3)5(8)9/h2H,1,6H2,(H,8,9). The summed E-state index contributed by atoms with van der Waals surface area (Å²) in [5, 5.41) is 8.50. The van der Waals surface area contributed by atoms with Gasteiger partial charge in [0.15, 0.2) is 0 Å². The summed E-state index contributed by atoms with van der Waals surface area (Å²) in [7, 11) is 0. The first-order valence-corrected chi connectivity index (χ1v) is 3.40. The van der Waals surface area contributed by atoms with E-state index in [1.165, 1.54) is 6.20 Å². The molecular formula is C5H6N2O2S. The van der Waals surface area contributed by atoms with Gasteiger partial charge < -0.3 is 10.8 Å². The first kappa shape index (κ1) is 7.17. The van der Waals surface area contributed by atoms with Crippen molar-refractivity contribution in [3.8, 4) is 0 Å². The fourth-order valence-electron chi connectivity index (χ4n) is 0.582. The van der Waals surface area contributed by atoms with Gasteiger partial charge in [-0.3, -0.25) is 0 Å². The van der Waals surface area contributed by atoms with Gasteiger partial charge in [-0.2, -0.15) is 4.37 Å². The Morgan fingerprint density at radius 3 is 3.00 bits per heavy atom. The zero-order valence-corrected chi connectivity index (χ0v) is 5.89. The lowest BCUT2D eigenvalue weighted by molar-refractivity contribution is 0.0701. The maximum Gasteiger partial charge on any atom is 0.347 e. The van der Waals surface area contributed by atoms with E-state index in [1.807, 2.05) is 0 Å². The van der Waals surface area contributed by atoms with Crippen LogP contribution < -0.4 is 5.73 Å². The lowest BCUT2D eigenvalue weighted by Gasteiger charge is -1.89. The Hall–Kier alpha value is -0.940. The Balaban J connectivity index is 3.01. The van der Waals surface area contributed by atoms with Crippen LogP contribution >= 0.6 is 11.5 Å². The molecule has 0 radical (unpaired) electrons. The molecule has 0 spiro atoms. The van der Waals surface area contributed by atoms with Crippen molar-refractivity contribution in [3.05, 3.63) is 16.6 Å². The first-order valence-electron chi connectivity index (χ1n) is 2.62. The van der Waals surface area contributed by atoms with Crippen molar-refractivity contribution in [2.75, 3.05) is 0 Å². The number of aromatic nitrogens is 1. The minimum atomic E-state index is -0.956. The highest BCUT2D eigenvalue weighted by Crippen LogP contribution is 2.11. The summed E-state index contributed by atoms with van der Waals surface area (Å²) in [5.74, 6) is -0.956. The highest BCUT2D eigenvalue weighted by molar-refractivity contribution is 7.08. The van der Waals surface area contributed by atoms with Crippen LogP contribution in [0, 0.1) is 0 Å². The predicted octanol–water partition coefficient (Wildman–Crippen LogP) is 0.300. The van der Waals surface area contributed by atoms with Crippen LogP contribution in [-0.2, 0) is 6.54 Å². The zero-order valence-electron chi connectivity index (χ0n) is 5.07.